The van der Waals surface area contributed by atoms with E-state index in [1.807, 2.05) is 0 Å². The van der Waals surface area contributed by atoms with Crippen molar-refractivity contribution in [2.45, 2.75) is 24.5 Å². The standard InChI is InChI=1S/C13H20N2O5/c1-17-9-8-14-10(12(15-9)18-2)11(16)13(19-3)4-6-20-7-5-13/h8,11,16H,4-7H2,1-3H3. The minimum Gasteiger partial charge on any atom is -0.480 e. The molecule has 1 unspecified atom stereocenters. The van der Waals surface area contributed by atoms with Crippen LogP contribution in [0.2, 0.25) is 0 Å². The fourth-order valence-corrected chi connectivity index (χ4v) is 2.36. The molecule has 7 heteroatoms. The summed E-state index contributed by atoms with van der Waals surface area (Å²) in [5, 5.41) is 10.7. The molecule has 20 heavy (non-hydrogen) atoms. The van der Waals surface area contributed by atoms with Gasteiger partial charge in [0.25, 0.3) is 0 Å². The summed E-state index contributed by atoms with van der Waals surface area (Å²) < 4.78 is 21.1. The van der Waals surface area contributed by atoms with Gasteiger partial charge < -0.3 is 24.1 Å². The summed E-state index contributed by atoms with van der Waals surface area (Å²) in [4.78, 5) is 8.34. The van der Waals surface area contributed by atoms with Gasteiger partial charge in [0.15, 0.2) is 0 Å². The first-order valence-corrected chi connectivity index (χ1v) is 6.42. The van der Waals surface area contributed by atoms with Gasteiger partial charge in [-0.1, -0.05) is 0 Å². The van der Waals surface area contributed by atoms with Crippen LogP contribution in [0.1, 0.15) is 24.6 Å². The van der Waals surface area contributed by atoms with Crippen LogP contribution in [-0.4, -0.2) is 55.2 Å². The molecule has 1 aromatic heterocycles. The van der Waals surface area contributed by atoms with Crippen molar-refractivity contribution in [3.63, 3.8) is 0 Å². The maximum Gasteiger partial charge on any atom is 0.241 e. The van der Waals surface area contributed by atoms with Gasteiger partial charge in [-0.2, -0.15) is 4.98 Å². The summed E-state index contributed by atoms with van der Waals surface area (Å²) in [6.45, 7) is 1.08. The van der Waals surface area contributed by atoms with Crippen molar-refractivity contribution in [1.82, 2.24) is 9.97 Å². The lowest BCUT2D eigenvalue weighted by Gasteiger charge is -2.39. The Labute approximate surface area is 117 Å². The van der Waals surface area contributed by atoms with Crippen LogP contribution in [0.4, 0.5) is 0 Å². The molecule has 1 atom stereocenters. The average Bonchev–Trinajstić information content (AvgIpc) is 2.54. The van der Waals surface area contributed by atoms with Crippen molar-refractivity contribution in [2.24, 2.45) is 0 Å². The summed E-state index contributed by atoms with van der Waals surface area (Å²) in [5.41, 5.74) is -0.383. The zero-order valence-corrected chi connectivity index (χ0v) is 12.0. The van der Waals surface area contributed by atoms with E-state index in [1.54, 1.807) is 7.11 Å². The number of hydrogen-bond acceptors (Lipinski definition) is 7. The molecule has 7 nitrogen and oxygen atoms in total. The van der Waals surface area contributed by atoms with Crippen molar-refractivity contribution < 1.29 is 24.1 Å². The molecule has 0 radical (unpaired) electrons. The van der Waals surface area contributed by atoms with Gasteiger partial charge in [0.05, 0.1) is 20.4 Å². The maximum absolute atomic E-state index is 10.7. The Hall–Kier alpha value is -1.44. The second kappa shape index (κ2) is 6.34. The highest BCUT2D eigenvalue weighted by Crippen LogP contribution is 2.39. The third kappa shape index (κ3) is 2.70. The molecule has 0 aromatic carbocycles. The molecule has 1 aromatic rings. The zero-order valence-electron chi connectivity index (χ0n) is 12.0. The second-order valence-corrected chi connectivity index (χ2v) is 4.59. The van der Waals surface area contributed by atoms with Gasteiger partial charge in [-0.3, -0.25) is 0 Å². The van der Waals surface area contributed by atoms with E-state index in [1.165, 1.54) is 20.4 Å². The minimum absolute atomic E-state index is 0.236. The van der Waals surface area contributed by atoms with Crippen molar-refractivity contribution in [1.29, 1.82) is 0 Å². The van der Waals surface area contributed by atoms with E-state index in [-0.39, 0.29) is 5.88 Å². The molecular weight excluding hydrogens is 264 g/mol. The molecule has 2 heterocycles. The van der Waals surface area contributed by atoms with E-state index in [0.717, 1.165) is 0 Å². The Morgan fingerprint density at radius 1 is 1.25 bits per heavy atom. The highest BCUT2D eigenvalue weighted by atomic mass is 16.5. The first kappa shape index (κ1) is 15.0. The van der Waals surface area contributed by atoms with E-state index < -0.39 is 11.7 Å². The predicted molar refractivity (Wildman–Crippen MR) is 69.9 cm³/mol. The van der Waals surface area contributed by atoms with Crippen LogP contribution in [0.15, 0.2) is 6.20 Å². The van der Waals surface area contributed by atoms with Gasteiger partial charge >= 0.3 is 0 Å². The Morgan fingerprint density at radius 3 is 2.50 bits per heavy atom. The van der Waals surface area contributed by atoms with Gasteiger partial charge in [0.2, 0.25) is 11.8 Å². The normalized spacial score (nSPS) is 19.4. The Kier molecular flexibility index (Phi) is 4.74. The number of methoxy groups -OCH3 is 3. The lowest BCUT2D eigenvalue weighted by atomic mass is 9.86. The van der Waals surface area contributed by atoms with Crippen LogP contribution in [0, 0.1) is 0 Å². The first-order valence-electron chi connectivity index (χ1n) is 6.42. The first-order chi connectivity index (χ1) is 9.66. The quantitative estimate of drug-likeness (QED) is 0.853. The van der Waals surface area contributed by atoms with Gasteiger partial charge in [-0.05, 0) is 0 Å². The average molecular weight is 284 g/mol. The molecule has 2 rings (SSSR count). The SMILES string of the molecule is COc1cnc(C(O)C2(OC)CCOCC2)c(OC)n1. The minimum atomic E-state index is -0.940. The van der Waals surface area contributed by atoms with Crippen LogP contribution in [0.3, 0.4) is 0 Å². The molecule has 0 saturated carbocycles. The number of hydrogen-bond donors (Lipinski definition) is 1. The molecule has 0 aliphatic carbocycles. The van der Waals surface area contributed by atoms with E-state index in [9.17, 15) is 5.11 Å². The number of nitrogens with zero attached hydrogens (tertiary/aromatic N) is 2. The topological polar surface area (TPSA) is 82.9 Å². The van der Waals surface area contributed by atoms with Crippen LogP contribution in [0.5, 0.6) is 11.8 Å². The number of rotatable bonds is 5. The van der Waals surface area contributed by atoms with Crippen LogP contribution < -0.4 is 9.47 Å². The van der Waals surface area contributed by atoms with Gasteiger partial charge in [0.1, 0.15) is 17.4 Å². The van der Waals surface area contributed by atoms with E-state index in [2.05, 4.69) is 9.97 Å². The summed E-state index contributed by atoms with van der Waals surface area (Å²) in [5.74, 6) is 0.566. The van der Waals surface area contributed by atoms with Gasteiger partial charge in [-0.25, -0.2) is 4.98 Å². The smallest absolute Gasteiger partial charge is 0.241 e. The molecule has 0 amide bonds. The van der Waals surface area contributed by atoms with Gasteiger partial charge in [0, 0.05) is 33.2 Å². The number of aliphatic hydroxyl groups excluding tert-OH is 1. The predicted octanol–water partition coefficient (Wildman–Crippen LogP) is 0.723. The molecule has 1 aliphatic rings. The summed E-state index contributed by atoms with van der Waals surface area (Å²) in [6, 6.07) is 0. The highest BCUT2D eigenvalue weighted by Gasteiger charge is 2.43. The van der Waals surface area contributed by atoms with Crippen molar-refractivity contribution in [3.05, 3.63) is 11.9 Å². The maximum atomic E-state index is 10.7. The van der Waals surface area contributed by atoms with Crippen molar-refractivity contribution >= 4 is 0 Å². The Bertz CT molecular complexity index is 448. The number of ether oxygens (including phenoxy) is 4. The van der Waals surface area contributed by atoms with Crippen LogP contribution in [-0.2, 0) is 9.47 Å². The molecule has 0 spiro atoms. The van der Waals surface area contributed by atoms with E-state index in [0.29, 0.717) is 37.6 Å². The fourth-order valence-electron chi connectivity index (χ4n) is 2.36. The summed E-state index contributed by atoms with van der Waals surface area (Å²) in [7, 11) is 4.55. The van der Waals surface area contributed by atoms with Crippen LogP contribution >= 0.6 is 0 Å². The second-order valence-electron chi connectivity index (χ2n) is 4.59. The number of aliphatic hydroxyl groups is 1. The molecule has 1 N–H and O–H groups in total. The summed E-state index contributed by atoms with van der Waals surface area (Å²) >= 11 is 0. The lowest BCUT2D eigenvalue weighted by molar-refractivity contribution is -0.156. The lowest BCUT2D eigenvalue weighted by Crippen LogP contribution is -2.44. The largest absolute Gasteiger partial charge is 0.480 e. The molecule has 1 fully saturated rings. The highest BCUT2D eigenvalue weighted by molar-refractivity contribution is 5.27. The van der Waals surface area contributed by atoms with Crippen molar-refractivity contribution in [2.75, 3.05) is 34.5 Å². The zero-order chi connectivity index (χ0) is 14.6. The molecule has 1 saturated heterocycles. The van der Waals surface area contributed by atoms with Crippen LogP contribution in [0.25, 0.3) is 0 Å². The molecule has 1 aliphatic heterocycles. The molecule has 0 bridgehead atoms. The third-order valence-corrected chi connectivity index (χ3v) is 3.65. The summed E-state index contributed by atoms with van der Waals surface area (Å²) in [6.07, 6.45) is 1.68. The molecule has 112 valence electrons. The Balaban J connectivity index is 2.33. The number of aromatic nitrogens is 2. The Morgan fingerprint density at radius 2 is 1.95 bits per heavy atom. The van der Waals surface area contributed by atoms with E-state index >= 15 is 0 Å². The third-order valence-electron chi connectivity index (χ3n) is 3.65. The molecular formula is C13H20N2O5. The van der Waals surface area contributed by atoms with Gasteiger partial charge in [-0.15, -0.1) is 0 Å². The fraction of sp³-hybridized carbons (Fsp3) is 0.692. The monoisotopic (exact) mass is 284 g/mol. The van der Waals surface area contributed by atoms with E-state index in [4.69, 9.17) is 18.9 Å². The van der Waals surface area contributed by atoms with Crippen molar-refractivity contribution in [3.8, 4) is 11.8 Å².